The summed E-state index contributed by atoms with van der Waals surface area (Å²) in [6.07, 6.45) is 6.18. The molecular weight excluding hydrogens is 545 g/mol. The second kappa shape index (κ2) is 15.2. The van der Waals surface area contributed by atoms with E-state index in [4.69, 9.17) is 9.47 Å². The molecule has 0 aromatic heterocycles. The number of methoxy groups -OCH3 is 2. The topological polar surface area (TPSA) is 44.8 Å². The van der Waals surface area contributed by atoms with Gasteiger partial charge < -0.3 is 19.5 Å². The van der Waals surface area contributed by atoms with Crippen LogP contribution in [0.1, 0.15) is 28.7 Å². The van der Waals surface area contributed by atoms with E-state index in [1.807, 2.05) is 30.3 Å². The van der Waals surface area contributed by atoms with Gasteiger partial charge in [0.1, 0.15) is 11.5 Å². The van der Waals surface area contributed by atoms with Gasteiger partial charge in [-0.2, -0.15) is 18.2 Å². The Labute approximate surface area is 246 Å². The molecule has 39 heavy (non-hydrogen) atoms. The van der Waals surface area contributed by atoms with E-state index in [-0.39, 0.29) is 17.1 Å². The van der Waals surface area contributed by atoms with Gasteiger partial charge in [0.2, 0.25) is 0 Å². The largest absolute Gasteiger partial charge is 2.00 e. The van der Waals surface area contributed by atoms with E-state index in [9.17, 15) is 5.11 Å². The van der Waals surface area contributed by atoms with Crippen LogP contribution in [0.4, 0.5) is 0 Å². The predicted molar refractivity (Wildman–Crippen MR) is 161 cm³/mol. The normalized spacial score (nSPS) is 13.5. The van der Waals surface area contributed by atoms with E-state index in [0.717, 1.165) is 69.4 Å². The van der Waals surface area contributed by atoms with Crippen molar-refractivity contribution < 1.29 is 31.6 Å². The first-order valence-corrected chi connectivity index (χ1v) is 14.2. The van der Waals surface area contributed by atoms with Gasteiger partial charge in [-0.05, 0) is 130 Å². The maximum atomic E-state index is 12.3. The van der Waals surface area contributed by atoms with E-state index in [2.05, 4.69) is 83.1 Å². The van der Waals surface area contributed by atoms with Crippen LogP contribution in [0.3, 0.4) is 0 Å². The second-order valence-electron chi connectivity index (χ2n) is 9.85. The van der Waals surface area contributed by atoms with Crippen LogP contribution in [0.25, 0.3) is 0 Å². The van der Waals surface area contributed by atoms with Gasteiger partial charge in [-0.1, -0.05) is 12.2 Å². The minimum absolute atomic E-state index is 0. The Kier molecular flexibility index (Phi) is 12.7. The summed E-state index contributed by atoms with van der Waals surface area (Å²) in [5.41, 5.74) is 6.37. The zero-order valence-corrected chi connectivity index (χ0v) is 26.3. The maximum Gasteiger partial charge on any atom is 2.00 e. The number of benzene rings is 2. The molecule has 0 amide bonds. The van der Waals surface area contributed by atoms with E-state index in [0.29, 0.717) is 0 Å². The number of hydrogen-bond acceptors (Lipinski definition) is 4. The second-order valence-corrected chi connectivity index (χ2v) is 12.0. The average molecular weight is 586 g/mol. The molecule has 0 heterocycles. The van der Waals surface area contributed by atoms with Crippen molar-refractivity contribution in [1.82, 2.24) is 4.90 Å². The first kappa shape index (κ1) is 32.5. The predicted octanol–water partition coefficient (Wildman–Crippen LogP) is 5.79. The molecule has 0 aliphatic heterocycles. The quantitative estimate of drug-likeness (QED) is 0.145. The van der Waals surface area contributed by atoms with Gasteiger partial charge in [0, 0.05) is 6.54 Å². The van der Waals surface area contributed by atoms with E-state index in [1.165, 1.54) is 10.6 Å². The fourth-order valence-corrected chi connectivity index (χ4v) is 7.73. The maximum absolute atomic E-state index is 12.3. The Morgan fingerprint density at radius 1 is 0.821 bits per heavy atom. The van der Waals surface area contributed by atoms with Crippen LogP contribution >= 0.6 is 7.92 Å². The van der Waals surface area contributed by atoms with Gasteiger partial charge in [-0.15, -0.1) is 6.26 Å². The van der Waals surface area contributed by atoms with Crippen LogP contribution in [-0.4, -0.2) is 39.8 Å². The van der Waals surface area contributed by atoms with E-state index in [1.54, 1.807) is 14.2 Å². The Hall–Kier alpha value is -2.68. The van der Waals surface area contributed by atoms with E-state index < -0.39 is 7.92 Å². The van der Waals surface area contributed by atoms with Crippen LogP contribution in [0.5, 0.6) is 11.5 Å². The third kappa shape index (κ3) is 7.93. The smallest absolute Gasteiger partial charge is 0.877 e. The van der Waals surface area contributed by atoms with Crippen molar-refractivity contribution in [3.05, 3.63) is 112 Å². The summed E-state index contributed by atoms with van der Waals surface area (Å²) < 4.78 is 11.2. The summed E-state index contributed by atoms with van der Waals surface area (Å²) in [6, 6.07) is 18.9. The molecule has 6 heteroatoms. The molecule has 3 aromatic rings. The minimum atomic E-state index is -0.933. The van der Waals surface area contributed by atoms with E-state index >= 15 is 0 Å². The standard InChI is InChI=1S/C28H36NO3P.C5H5.Fe/c1-18-13-23(14-19(2)27(18)31-7)33(24-15-20(3)28(32-8)21(4)16-24)26-10-9-22(25(26)17-30)11-12-29(5)6;1-2-4-5-3-1;/h9-10,13-17,30H,11-12H2,1-8H3;1-5H;/q;-1;+2/p-1. The fraction of sp³-hybridized carbons (Fsp3) is 0.303. The summed E-state index contributed by atoms with van der Waals surface area (Å²) in [5, 5.41) is 15.9. The number of ether oxygens (including phenoxy) is 2. The van der Waals surface area contributed by atoms with Gasteiger partial charge in [0.15, 0.2) is 0 Å². The molecule has 0 saturated heterocycles. The van der Waals surface area contributed by atoms with Crippen LogP contribution in [-0.2, 0) is 17.1 Å². The molecule has 0 unspecified atom stereocenters. The van der Waals surface area contributed by atoms with Crippen LogP contribution in [0, 0.1) is 27.7 Å². The molecular formula is C33H40FeNO3P. The Balaban J connectivity index is 0.000000797. The molecule has 0 atom stereocenters. The zero-order chi connectivity index (χ0) is 27.8. The first-order chi connectivity index (χ1) is 18.2. The Morgan fingerprint density at radius 2 is 1.28 bits per heavy atom. The van der Waals surface area contributed by atoms with Crippen molar-refractivity contribution >= 4 is 18.5 Å². The molecule has 208 valence electrons. The van der Waals surface area contributed by atoms with Crippen LogP contribution in [0.2, 0.25) is 0 Å². The third-order valence-electron chi connectivity index (χ3n) is 6.62. The molecule has 0 N–H and O–H groups in total. The molecule has 0 spiro atoms. The molecule has 1 aliphatic rings. The molecule has 0 fully saturated rings. The first-order valence-electron chi connectivity index (χ1n) is 12.9. The zero-order valence-electron chi connectivity index (χ0n) is 24.3. The van der Waals surface area contributed by atoms with Gasteiger partial charge in [-0.25, -0.2) is 12.1 Å². The summed E-state index contributed by atoms with van der Waals surface area (Å²) in [7, 11) is 6.61. The average Bonchev–Trinajstić information content (AvgIpc) is 3.56. The number of rotatable bonds is 8. The van der Waals surface area contributed by atoms with Crippen molar-refractivity contribution in [2.24, 2.45) is 0 Å². The van der Waals surface area contributed by atoms with Crippen molar-refractivity contribution in [2.45, 2.75) is 34.1 Å². The van der Waals surface area contributed by atoms with Gasteiger partial charge in [0.25, 0.3) is 0 Å². The molecule has 0 saturated carbocycles. The number of aryl methyl sites for hydroxylation is 4. The Morgan fingerprint density at radius 3 is 1.62 bits per heavy atom. The van der Waals surface area contributed by atoms with Gasteiger partial charge in [-0.3, -0.25) is 0 Å². The summed E-state index contributed by atoms with van der Waals surface area (Å²) in [4.78, 5) is 2.15. The van der Waals surface area contributed by atoms with Gasteiger partial charge in [0.05, 0.1) is 14.2 Å². The number of allylic oxidation sites excluding steroid dienone is 4. The molecule has 1 aliphatic carbocycles. The fourth-order valence-electron chi connectivity index (χ4n) is 4.92. The van der Waals surface area contributed by atoms with Crippen LogP contribution < -0.4 is 25.2 Å². The third-order valence-corrected chi connectivity index (χ3v) is 9.04. The minimum Gasteiger partial charge on any atom is -0.877 e. The van der Waals surface area contributed by atoms with Gasteiger partial charge >= 0.3 is 17.1 Å². The summed E-state index contributed by atoms with van der Waals surface area (Å²) in [5.74, 6) is 1.83. The molecule has 4 rings (SSSR count). The molecule has 3 aromatic carbocycles. The Bertz CT molecular complexity index is 1200. The van der Waals surface area contributed by atoms with Crippen molar-refractivity contribution in [3.8, 4) is 11.5 Å². The van der Waals surface area contributed by atoms with Crippen LogP contribution in [0.15, 0.2) is 89.5 Å². The molecule has 0 radical (unpaired) electrons. The number of nitrogens with zero attached hydrogens (tertiary/aromatic N) is 1. The SMILES string of the molecule is COc1c(C)cc(P(C2=CC=C(CCN(C)C)C2=C[O-])c2cc(C)c(OC)c(C)c2)cc1C.[Fe+2].c1cc[cH-]c1. The van der Waals surface area contributed by atoms with Crippen molar-refractivity contribution in [3.63, 3.8) is 0 Å². The summed E-state index contributed by atoms with van der Waals surface area (Å²) in [6.45, 7) is 9.25. The van der Waals surface area contributed by atoms with Crippen molar-refractivity contribution in [2.75, 3.05) is 34.9 Å². The summed E-state index contributed by atoms with van der Waals surface area (Å²) >= 11 is 0. The number of hydrogen-bond donors (Lipinski definition) is 0. The monoisotopic (exact) mass is 585 g/mol. The van der Waals surface area contributed by atoms with Crippen molar-refractivity contribution in [1.29, 1.82) is 0 Å². The molecule has 0 bridgehead atoms. The molecule has 4 nitrogen and oxygen atoms in total.